The summed E-state index contributed by atoms with van der Waals surface area (Å²) in [6, 6.07) is -0.572. The van der Waals surface area contributed by atoms with Crippen molar-refractivity contribution in [3.8, 4) is 0 Å². The molecule has 48 valence electrons. The normalized spacial score (nSPS) is 15.0. The zero-order valence-corrected chi connectivity index (χ0v) is 5.70. The zero-order chi connectivity index (χ0) is 7.28. The van der Waals surface area contributed by atoms with Gasteiger partial charge < -0.3 is 10.5 Å². The Hall–Kier alpha value is -0.0200. The number of hydrogen-bond acceptors (Lipinski definition) is 3. The van der Waals surface area contributed by atoms with Crippen LogP contribution in [0.3, 0.4) is 0 Å². The van der Waals surface area contributed by atoms with Gasteiger partial charge in [-0.25, -0.2) is 0 Å². The molecule has 0 radical (unpaired) electrons. The minimum atomic E-state index is -0.663. The van der Waals surface area contributed by atoms with E-state index in [1.165, 1.54) is 0 Å². The zero-order valence-electron chi connectivity index (χ0n) is 5.89. The van der Waals surface area contributed by atoms with Crippen LogP contribution in [0.15, 0.2) is 0 Å². The Morgan fingerprint density at radius 2 is 2.75 bits per heavy atom. The summed E-state index contributed by atoms with van der Waals surface area (Å²) in [5.74, 6) is 0.853. The molecule has 1 unspecified atom stereocenters. The van der Waals surface area contributed by atoms with Gasteiger partial charge in [0.25, 0.3) is 0 Å². The van der Waals surface area contributed by atoms with Crippen LogP contribution < -0.4 is 5.73 Å². The van der Waals surface area contributed by atoms with Crippen LogP contribution in [0.5, 0.6) is 0 Å². The lowest BCUT2D eigenvalue weighted by Crippen LogP contribution is -2.21. The van der Waals surface area contributed by atoms with E-state index in [1.807, 2.05) is 6.26 Å². The predicted octanol–water partition coefficient (Wildman–Crippen LogP) is 0.266. The van der Waals surface area contributed by atoms with Crippen molar-refractivity contribution in [2.45, 2.75) is 12.5 Å². The van der Waals surface area contributed by atoms with E-state index in [0.717, 1.165) is 5.75 Å². The van der Waals surface area contributed by atoms with Crippen molar-refractivity contribution in [1.82, 2.24) is 0 Å². The number of nitrogens with two attached hydrogens (primary N) is 1. The van der Waals surface area contributed by atoms with Crippen molar-refractivity contribution in [3.63, 3.8) is 0 Å². The second-order valence-electron chi connectivity index (χ2n) is 1.51. The van der Waals surface area contributed by atoms with E-state index in [2.05, 4.69) is 0 Å². The molecule has 0 aromatic carbocycles. The fourth-order valence-electron chi connectivity index (χ4n) is 0.304. The van der Waals surface area contributed by atoms with Crippen LogP contribution in [0.2, 0.25) is 0 Å². The Labute approximate surface area is 55.2 Å². The molecule has 0 heterocycles. The standard InChI is InChI=1S/C5H11NOS/c1-8-3-2-5(6)4-7/h4-5H,2-3,6H2,1H3/i4D. The summed E-state index contributed by atoms with van der Waals surface area (Å²) in [5, 5.41) is 0. The fourth-order valence-corrected chi connectivity index (χ4v) is 0.793. The highest BCUT2D eigenvalue weighted by Crippen LogP contribution is 1.95. The molecule has 0 fully saturated rings. The molecule has 8 heavy (non-hydrogen) atoms. The first kappa shape index (κ1) is 6.11. The van der Waals surface area contributed by atoms with Gasteiger partial charge in [-0.2, -0.15) is 11.8 Å². The van der Waals surface area contributed by atoms with Gasteiger partial charge in [-0.15, -0.1) is 0 Å². The molecule has 0 rings (SSSR count). The van der Waals surface area contributed by atoms with E-state index in [9.17, 15) is 4.79 Å². The third kappa shape index (κ3) is 4.15. The molecule has 0 aliphatic carbocycles. The first-order valence-corrected chi connectivity index (χ1v) is 3.83. The second kappa shape index (κ2) is 5.12. The first-order valence-electron chi connectivity index (χ1n) is 2.93. The van der Waals surface area contributed by atoms with E-state index >= 15 is 0 Å². The maximum absolute atomic E-state index is 10.2. The average molecular weight is 134 g/mol. The third-order valence-electron chi connectivity index (χ3n) is 0.784. The summed E-state index contributed by atoms with van der Waals surface area (Å²) < 4.78 is 6.59. The Balaban J connectivity index is 3.27. The van der Waals surface area contributed by atoms with Gasteiger partial charge in [0.15, 0.2) is 0 Å². The quantitative estimate of drug-likeness (QED) is 0.561. The van der Waals surface area contributed by atoms with Gasteiger partial charge in [-0.3, -0.25) is 0 Å². The van der Waals surface area contributed by atoms with Crippen molar-refractivity contribution >= 4 is 18.0 Å². The lowest BCUT2D eigenvalue weighted by atomic mass is 10.3. The summed E-state index contributed by atoms with van der Waals surface area (Å²) in [6.07, 6.45) is 1.90. The number of hydrogen-bond donors (Lipinski definition) is 1. The molecule has 2 N–H and O–H groups in total. The van der Waals surface area contributed by atoms with E-state index < -0.39 is 12.3 Å². The van der Waals surface area contributed by atoms with Gasteiger partial charge >= 0.3 is 0 Å². The SMILES string of the molecule is [2H]C(=O)C(N)CCSC. The molecule has 0 amide bonds. The largest absolute Gasteiger partial charge is 0.322 e. The van der Waals surface area contributed by atoms with Crippen molar-refractivity contribution in [3.05, 3.63) is 0 Å². The van der Waals surface area contributed by atoms with Gasteiger partial charge in [-0.1, -0.05) is 0 Å². The predicted molar refractivity (Wildman–Crippen MR) is 37.0 cm³/mol. The number of thioether (sulfide) groups is 1. The molecule has 1 atom stereocenters. The molecule has 0 saturated carbocycles. The van der Waals surface area contributed by atoms with Gasteiger partial charge in [0.2, 0.25) is 0 Å². The number of rotatable bonds is 4. The maximum Gasteiger partial charge on any atom is 0.136 e. The summed E-state index contributed by atoms with van der Waals surface area (Å²) in [5.41, 5.74) is 5.25. The van der Waals surface area contributed by atoms with Crippen molar-refractivity contribution in [2.24, 2.45) is 5.73 Å². The van der Waals surface area contributed by atoms with Gasteiger partial charge in [-0.05, 0) is 18.4 Å². The number of carbonyl (C=O) groups is 1. The Morgan fingerprint density at radius 3 is 3.12 bits per heavy atom. The van der Waals surface area contributed by atoms with Crippen LogP contribution in [-0.4, -0.2) is 24.3 Å². The second-order valence-corrected chi connectivity index (χ2v) is 2.49. The van der Waals surface area contributed by atoms with Crippen molar-refractivity contribution in [2.75, 3.05) is 12.0 Å². The minimum Gasteiger partial charge on any atom is -0.322 e. The van der Waals surface area contributed by atoms with Crippen LogP contribution in [0.4, 0.5) is 0 Å². The molecular formula is C5H11NOS. The first-order chi connectivity index (χ1) is 4.18. The van der Waals surface area contributed by atoms with Gasteiger partial charge in [0, 0.05) is 0 Å². The van der Waals surface area contributed by atoms with Crippen molar-refractivity contribution < 1.29 is 6.17 Å². The lowest BCUT2D eigenvalue weighted by Gasteiger charge is -1.98. The van der Waals surface area contributed by atoms with Crippen molar-refractivity contribution in [1.29, 1.82) is 0 Å². The minimum absolute atomic E-state index is 0.572. The molecule has 0 spiro atoms. The Morgan fingerprint density at radius 1 is 2.12 bits per heavy atom. The fraction of sp³-hybridized carbons (Fsp3) is 0.800. The number of carbonyl (C=O) groups excluding carboxylic acids is 1. The third-order valence-corrected chi connectivity index (χ3v) is 1.43. The Bertz CT molecular complexity index is 99.0. The molecule has 0 saturated heterocycles. The van der Waals surface area contributed by atoms with Gasteiger partial charge in [0.1, 0.15) is 7.63 Å². The van der Waals surface area contributed by atoms with Gasteiger partial charge in [0.05, 0.1) is 6.04 Å². The van der Waals surface area contributed by atoms with Crippen LogP contribution in [0, 0.1) is 0 Å². The Kier molecular flexibility index (Phi) is 3.91. The summed E-state index contributed by atoms with van der Waals surface area (Å²) in [4.78, 5) is 10.2. The monoisotopic (exact) mass is 134 g/mol. The molecule has 0 aromatic rings. The molecule has 0 aromatic heterocycles. The van der Waals surface area contributed by atoms with E-state index in [-0.39, 0.29) is 0 Å². The van der Waals surface area contributed by atoms with Crippen LogP contribution in [0.25, 0.3) is 0 Å². The molecule has 3 heteroatoms. The molecule has 2 nitrogen and oxygen atoms in total. The van der Waals surface area contributed by atoms with Crippen LogP contribution >= 0.6 is 11.8 Å². The van der Waals surface area contributed by atoms with E-state index in [0.29, 0.717) is 6.42 Å². The summed E-state index contributed by atoms with van der Waals surface area (Å²) in [7, 11) is 0. The average Bonchev–Trinajstić information content (AvgIpc) is 1.82. The number of aldehydes is 1. The van der Waals surface area contributed by atoms with Crippen LogP contribution in [-0.2, 0) is 4.79 Å². The highest BCUT2D eigenvalue weighted by molar-refractivity contribution is 7.98. The van der Waals surface area contributed by atoms with E-state index in [1.54, 1.807) is 11.8 Å². The highest BCUT2D eigenvalue weighted by atomic mass is 32.2. The lowest BCUT2D eigenvalue weighted by molar-refractivity contribution is -0.108. The smallest absolute Gasteiger partial charge is 0.136 e. The highest BCUT2D eigenvalue weighted by Gasteiger charge is 1.95. The molecular weight excluding hydrogens is 122 g/mol. The summed E-state index contributed by atoms with van der Waals surface area (Å²) in [6.45, 7) is 0. The topological polar surface area (TPSA) is 43.1 Å². The maximum atomic E-state index is 10.2. The summed E-state index contributed by atoms with van der Waals surface area (Å²) >= 11 is 1.63. The van der Waals surface area contributed by atoms with E-state index in [4.69, 9.17) is 7.10 Å². The molecule has 0 bridgehead atoms. The molecule has 0 aliphatic heterocycles. The molecule has 0 aliphatic rings. The van der Waals surface area contributed by atoms with Crippen LogP contribution in [0.1, 0.15) is 7.79 Å².